The fourth-order valence-corrected chi connectivity index (χ4v) is 3.67. The minimum atomic E-state index is -0.0726. The highest BCUT2D eigenvalue weighted by Crippen LogP contribution is 2.24. The summed E-state index contributed by atoms with van der Waals surface area (Å²) < 4.78 is 1.90. The highest BCUT2D eigenvalue weighted by Gasteiger charge is 2.11. The van der Waals surface area contributed by atoms with Crippen LogP contribution >= 0.6 is 11.8 Å². The molecule has 0 saturated heterocycles. The zero-order valence-electron chi connectivity index (χ0n) is 16.9. The molecule has 0 aliphatic rings. The summed E-state index contributed by atoms with van der Waals surface area (Å²) in [5.74, 6) is 0.189. The summed E-state index contributed by atoms with van der Waals surface area (Å²) in [4.78, 5) is 14.4. The Balaban J connectivity index is 1.65. The molecule has 0 atom stereocenters. The molecule has 1 N–H and O–H groups in total. The van der Waals surface area contributed by atoms with Gasteiger partial charge in [0, 0.05) is 31.2 Å². The van der Waals surface area contributed by atoms with Crippen molar-refractivity contribution in [1.29, 1.82) is 0 Å². The summed E-state index contributed by atoms with van der Waals surface area (Å²) in [5, 5.41) is 11.8. The van der Waals surface area contributed by atoms with Gasteiger partial charge in [-0.25, -0.2) is 0 Å². The van der Waals surface area contributed by atoms with Crippen molar-refractivity contribution >= 4 is 29.0 Å². The Morgan fingerprint density at radius 3 is 2.54 bits per heavy atom. The monoisotopic (exact) mass is 395 g/mol. The van der Waals surface area contributed by atoms with E-state index in [9.17, 15) is 4.79 Å². The molecule has 1 aromatic heterocycles. The smallest absolute Gasteiger partial charge is 0.234 e. The lowest BCUT2D eigenvalue weighted by Crippen LogP contribution is -2.15. The van der Waals surface area contributed by atoms with Crippen molar-refractivity contribution in [3.8, 4) is 5.69 Å². The van der Waals surface area contributed by atoms with Gasteiger partial charge in [0.15, 0.2) is 5.16 Å². The number of amides is 1. The largest absolute Gasteiger partial charge is 0.377 e. The molecule has 0 saturated carbocycles. The van der Waals surface area contributed by atoms with Crippen molar-refractivity contribution < 1.29 is 4.79 Å². The fourth-order valence-electron chi connectivity index (χ4n) is 2.94. The molecule has 7 heteroatoms. The standard InChI is InChI=1S/C21H25N5OS/c1-14-6-8-18(11-15(14)2)26-13-22-24-21(26)28-12-20(27)23-17-7-9-19(25(4)5)16(3)10-17/h6-11,13H,12H2,1-5H3,(H,23,27). The average Bonchev–Trinajstić information content (AvgIpc) is 3.10. The molecule has 1 amide bonds. The van der Waals surface area contributed by atoms with E-state index in [-0.39, 0.29) is 11.7 Å². The van der Waals surface area contributed by atoms with Gasteiger partial charge >= 0.3 is 0 Å². The van der Waals surface area contributed by atoms with Gasteiger partial charge in [-0.05, 0) is 67.8 Å². The van der Waals surface area contributed by atoms with Gasteiger partial charge in [0.1, 0.15) is 6.33 Å². The van der Waals surface area contributed by atoms with Crippen molar-refractivity contribution in [1.82, 2.24) is 14.8 Å². The van der Waals surface area contributed by atoms with Gasteiger partial charge in [0.25, 0.3) is 0 Å². The zero-order valence-corrected chi connectivity index (χ0v) is 17.7. The number of carbonyl (C=O) groups excluding carboxylic acids is 1. The van der Waals surface area contributed by atoms with Crippen LogP contribution in [0.3, 0.4) is 0 Å². The van der Waals surface area contributed by atoms with E-state index in [1.54, 1.807) is 6.33 Å². The molecule has 0 unspecified atom stereocenters. The van der Waals surface area contributed by atoms with Crippen LogP contribution in [0.1, 0.15) is 16.7 Å². The number of benzene rings is 2. The summed E-state index contributed by atoms with van der Waals surface area (Å²) in [7, 11) is 4.01. The summed E-state index contributed by atoms with van der Waals surface area (Å²) in [6.45, 7) is 6.19. The summed E-state index contributed by atoms with van der Waals surface area (Å²) >= 11 is 1.37. The number of aryl methyl sites for hydroxylation is 3. The Labute approximate surface area is 170 Å². The maximum absolute atomic E-state index is 12.4. The van der Waals surface area contributed by atoms with Gasteiger partial charge in [0.05, 0.1) is 5.75 Å². The van der Waals surface area contributed by atoms with Crippen molar-refractivity contribution in [3.63, 3.8) is 0 Å². The first-order valence-electron chi connectivity index (χ1n) is 9.03. The topological polar surface area (TPSA) is 63.1 Å². The maximum Gasteiger partial charge on any atom is 0.234 e. The quantitative estimate of drug-likeness (QED) is 0.640. The van der Waals surface area contributed by atoms with E-state index in [0.717, 1.165) is 22.6 Å². The Morgan fingerprint density at radius 1 is 1.07 bits per heavy atom. The van der Waals surface area contributed by atoms with E-state index in [0.29, 0.717) is 5.16 Å². The number of hydrogen-bond acceptors (Lipinski definition) is 5. The second-order valence-corrected chi connectivity index (χ2v) is 7.93. The number of anilines is 2. The van der Waals surface area contributed by atoms with Gasteiger partial charge in [-0.1, -0.05) is 17.8 Å². The maximum atomic E-state index is 12.4. The van der Waals surface area contributed by atoms with Crippen molar-refractivity contribution in [3.05, 3.63) is 59.4 Å². The van der Waals surface area contributed by atoms with Crippen molar-refractivity contribution in [2.45, 2.75) is 25.9 Å². The molecular formula is C21H25N5OS. The Kier molecular flexibility index (Phi) is 6.04. The van der Waals surface area contributed by atoms with E-state index in [4.69, 9.17) is 0 Å². The second kappa shape index (κ2) is 8.48. The van der Waals surface area contributed by atoms with Crippen LogP contribution in [0.2, 0.25) is 0 Å². The first kappa shape index (κ1) is 19.9. The SMILES string of the molecule is Cc1ccc(-n2cnnc2SCC(=O)Nc2ccc(N(C)C)c(C)c2)cc1C. The van der Waals surface area contributed by atoms with Crippen LogP contribution < -0.4 is 10.2 Å². The molecule has 0 spiro atoms. The van der Waals surface area contributed by atoms with E-state index < -0.39 is 0 Å². The summed E-state index contributed by atoms with van der Waals surface area (Å²) in [6, 6.07) is 12.1. The molecule has 3 rings (SSSR count). The number of hydrogen-bond donors (Lipinski definition) is 1. The number of thioether (sulfide) groups is 1. The average molecular weight is 396 g/mol. The third-order valence-electron chi connectivity index (χ3n) is 4.58. The van der Waals surface area contributed by atoms with Crippen LogP contribution in [0.15, 0.2) is 47.9 Å². The highest BCUT2D eigenvalue weighted by atomic mass is 32.2. The summed E-state index contributed by atoms with van der Waals surface area (Å²) in [6.07, 6.45) is 1.67. The lowest BCUT2D eigenvalue weighted by Gasteiger charge is -2.16. The number of nitrogens with zero attached hydrogens (tertiary/aromatic N) is 4. The minimum absolute atomic E-state index is 0.0726. The Hall–Kier alpha value is -2.80. The molecule has 0 bridgehead atoms. The number of aromatic nitrogens is 3. The van der Waals surface area contributed by atoms with Crippen LogP contribution in [0.5, 0.6) is 0 Å². The molecular weight excluding hydrogens is 370 g/mol. The third-order valence-corrected chi connectivity index (χ3v) is 5.52. The van der Waals surface area contributed by atoms with Crippen LogP contribution in [0, 0.1) is 20.8 Å². The molecule has 0 aliphatic heterocycles. The number of carbonyl (C=O) groups is 1. The third kappa shape index (κ3) is 4.54. The van der Waals surface area contributed by atoms with Gasteiger partial charge in [-0.3, -0.25) is 9.36 Å². The van der Waals surface area contributed by atoms with Crippen LogP contribution in [-0.2, 0) is 4.79 Å². The van der Waals surface area contributed by atoms with E-state index in [2.05, 4.69) is 46.4 Å². The predicted octanol–water partition coefficient (Wildman–Crippen LogP) is 3.99. The fraction of sp³-hybridized carbons (Fsp3) is 0.286. The van der Waals surface area contributed by atoms with Crippen LogP contribution in [-0.4, -0.2) is 40.5 Å². The molecule has 28 heavy (non-hydrogen) atoms. The molecule has 3 aromatic rings. The first-order valence-corrected chi connectivity index (χ1v) is 10.0. The molecule has 146 valence electrons. The highest BCUT2D eigenvalue weighted by molar-refractivity contribution is 7.99. The first-order chi connectivity index (χ1) is 13.3. The molecule has 1 heterocycles. The summed E-state index contributed by atoms with van der Waals surface area (Å²) in [5.41, 5.74) is 6.48. The van der Waals surface area contributed by atoms with Gasteiger partial charge in [0.2, 0.25) is 5.91 Å². The second-order valence-electron chi connectivity index (χ2n) is 6.98. The minimum Gasteiger partial charge on any atom is -0.377 e. The predicted molar refractivity (Wildman–Crippen MR) is 116 cm³/mol. The van der Waals surface area contributed by atoms with Crippen LogP contribution in [0.25, 0.3) is 5.69 Å². The van der Waals surface area contributed by atoms with Crippen LogP contribution in [0.4, 0.5) is 11.4 Å². The van der Waals surface area contributed by atoms with Gasteiger partial charge in [-0.15, -0.1) is 10.2 Å². The molecule has 6 nitrogen and oxygen atoms in total. The van der Waals surface area contributed by atoms with E-state index in [1.165, 1.54) is 22.9 Å². The van der Waals surface area contributed by atoms with E-state index in [1.807, 2.05) is 49.9 Å². The van der Waals surface area contributed by atoms with Crippen molar-refractivity contribution in [2.24, 2.45) is 0 Å². The molecule has 0 radical (unpaired) electrons. The Morgan fingerprint density at radius 2 is 1.86 bits per heavy atom. The Bertz CT molecular complexity index is 996. The molecule has 0 fully saturated rings. The lowest BCUT2D eigenvalue weighted by atomic mass is 10.1. The van der Waals surface area contributed by atoms with Gasteiger partial charge < -0.3 is 10.2 Å². The molecule has 0 aliphatic carbocycles. The van der Waals surface area contributed by atoms with E-state index >= 15 is 0 Å². The number of nitrogens with one attached hydrogen (secondary N) is 1. The van der Waals surface area contributed by atoms with Crippen molar-refractivity contribution in [2.75, 3.05) is 30.1 Å². The molecule has 2 aromatic carbocycles. The van der Waals surface area contributed by atoms with Gasteiger partial charge in [-0.2, -0.15) is 0 Å². The lowest BCUT2D eigenvalue weighted by molar-refractivity contribution is -0.113. The number of rotatable bonds is 6. The zero-order chi connectivity index (χ0) is 20.3. The normalized spacial score (nSPS) is 10.8.